The van der Waals surface area contributed by atoms with Gasteiger partial charge >= 0.3 is 12.0 Å². The van der Waals surface area contributed by atoms with Crippen LogP contribution in [0.5, 0.6) is 0 Å². The van der Waals surface area contributed by atoms with Crippen molar-refractivity contribution < 1.29 is 24.2 Å². The van der Waals surface area contributed by atoms with Crippen LogP contribution in [0.4, 0.5) is 4.79 Å². The molecule has 0 saturated heterocycles. The van der Waals surface area contributed by atoms with Gasteiger partial charge in [0.05, 0.1) is 13.0 Å². The summed E-state index contributed by atoms with van der Waals surface area (Å²) in [6.45, 7) is 4.24. The number of hydrogen-bond donors (Lipinski definition) is 3. The molecule has 0 aliphatic carbocycles. The van der Waals surface area contributed by atoms with Crippen LogP contribution in [0, 0.1) is 0 Å². The second kappa shape index (κ2) is 8.30. The fraction of sp³-hybridized carbons (Fsp3) is 0.727. The van der Waals surface area contributed by atoms with Crippen LogP contribution in [-0.2, 0) is 14.3 Å². The van der Waals surface area contributed by atoms with Gasteiger partial charge < -0.3 is 25.8 Å². The lowest BCUT2D eigenvalue weighted by molar-refractivity contribution is -0.141. The zero-order valence-electron chi connectivity index (χ0n) is 11.4. The highest BCUT2D eigenvalue weighted by Crippen LogP contribution is 2.01. The molecule has 0 heterocycles. The Morgan fingerprint density at radius 1 is 1.37 bits per heavy atom. The second-order valence-electron chi connectivity index (χ2n) is 4.29. The highest BCUT2D eigenvalue weighted by molar-refractivity contribution is 5.87. The Hall–Kier alpha value is -1.83. The number of nitrogens with two attached hydrogens (primary N) is 1. The third-order valence-electron chi connectivity index (χ3n) is 2.42. The van der Waals surface area contributed by atoms with E-state index in [9.17, 15) is 14.4 Å². The summed E-state index contributed by atoms with van der Waals surface area (Å²) >= 11 is 0. The molecule has 110 valence electrons. The molecule has 0 aromatic heterocycles. The zero-order valence-corrected chi connectivity index (χ0v) is 11.4. The van der Waals surface area contributed by atoms with Gasteiger partial charge in [-0.25, -0.2) is 9.59 Å². The van der Waals surface area contributed by atoms with Crippen LogP contribution in [0.2, 0.25) is 0 Å². The van der Waals surface area contributed by atoms with E-state index >= 15 is 0 Å². The SMILES string of the molecule is COCCN(C(=O)N[C@@H](CC(N)=O)C(=O)O)C(C)C. The Balaban J connectivity index is 4.65. The van der Waals surface area contributed by atoms with E-state index in [1.807, 2.05) is 0 Å². The van der Waals surface area contributed by atoms with Crippen molar-refractivity contribution in [3.63, 3.8) is 0 Å². The lowest BCUT2D eigenvalue weighted by Gasteiger charge is -2.28. The summed E-state index contributed by atoms with van der Waals surface area (Å²) in [7, 11) is 1.50. The average molecular weight is 275 g/mol. The average Bonchev–Trinajstić information content (AvgIpc) is 2.27. The molecule has 19 heavy (non-hydrogen) atoms. The molecule has 0 radical (unpaired) electrons. The smallest absolute Gasteiger partial charge is 0.326 e. The van der Waals surface area contributed by atoms with Crippen LogP contribution in [0.3, 0.4) is 0 Å². The quantitative estimate of drug-likeness (QED) is 0.545. The van der Waals surface area contributed by atoms with Gasteiger partial charge in [-0.05, 0) is 13.8 Å². The zero-order chi connectivity index (χ0) is 15.0. The van der Waals surface area contributed by atoms with Crippen molar-refractivity contribution in [2.24, 2.45) is 5.73 Å². The van der Waals surface area contributed by atoms with Crippen molar-refractivity contribution >= 4 is 17.9 Å². The lowest BCUT2D eigenvalue weighted by Crippen LogP contribution is -2.52. The van der Waals surface area contributed by atoms with Gasteiger partial charge in [-0.2, -0.15) is 0 Å². The van der Waals surface area contributed by atoms with Gasteiger partial charge in [-0.15, -0.1) is 0 Å². The van der Waals surface area contributed by atoms with Crippen LogP contribution in [0.1, 0.15) is 20.3 Å². The molecule has 0 aliphatic rings. The Morgan fingerprint density at radius 3 is 2.32 bits per heavy atom. The summed E-state index contributed by atoms with van der Waals surface area (Å²) in [5, 5.41) is 11.2. The van der Waals surface area contributed by atoms with Crippen molar-refractivity contribution in [1.29, 1.82) is 0 Å². The van der Waals surface area contributed by atoms with E-state index in [0.29, 0.717) is 13.2 Å². The van der Waals surface area contributed by atoms with Gasteiger partial charge in [0.2, 0.25) is 5.91 Å². The number of aliphatic carboxylic acids is 1. The number of methoxy groups -OCH3 is 1. The third kappa shape index (κ3) is 6.61. The first-order valence-electron chi connectivity index (χ1n) is 5.86. The van der Waals surface area contributed by atoms with Gasteiger partial charge in [0, 0.05) is 19.7 Å². The Morgan fingerprint density at radius 2 is 1.95 bits per heavy atom. The number of carboxylic acid groups (broad SMARTS) is 1. The topological polar surface area (TPSA) is 122 Å². The molecule has 3 amide bonds. The second-order valence-corrected chi connectivity index (χ2v) is 4.29. The minimum atomic E-state index is -1.33. The largest absolute Gasteiger partial charge is 0.480 e. The highest BCUT2D eigenvalue weighted by atomic mass is 16.5. The molecule has 0 fully saturated rings. The molecule has 1 atom stereocenters. The molecule has 0 unspecified atom stereocenters. The molecule has 0 spiro atoms. The maximum absolute atomic E-state index is 11.9. The van der Waals surface area contributed by atoms with Crippen molar-refractivity contribution in [2.75, 3.05) is 20.3 Å². The van der Waals surface area contributed by atoms with Gasteiger partial charge in [-0.3, -0.25) is 4.79 Å². The Bertz CT molecular complexity index is 332. The monoisotopic (exact) mass is 275 g/mol. The predicted octanol–water partition coefficient (Wildman–Crippen LogP) is -0.619. The van der Waals surface area contributed by atoms with E-state index in [-0.39, 0.29) is 6.04 Å². The number of primary amides is 1. The van der Waals surface area contributed by atoms with Crippen LogP contribution in [-0.4, -0.2) is 60.3 Å². The number of nitrogens with zero attached hydrogens (tertiary/aromatic N) is 1. The summed E-state index contributed by atoms with van der Waals surface area (Å²) in [5.74, 6) is -2.09. The Labute approximate surface area is 111 Å². The number of carboxylic acids is 1. The van der Waals surface area contributed by atoms with E-state index in [1.54, 1.807) is 13.8 Å². The number of ether oxygens (including phenoxy) is 1. The molecule has 8 nitrogen and oxygen atoms in total. The summed E-state index contributed by atoms with van der Waals surface area (Å²) in [6, 6.07) is -2.02. The molecule has 0 saturated carbocycles. The number of rotatable bonds is 8. The molecule has 8 heteroatoms. The fourth-order valence-corrected chi connectivity index (χ4v) is 1.42. The minimum Gasteiger partial charge on any atom is -0.480 e. The normalized spacial score (nSPS) is 12.0. The highest BCUT2D eigenvalue weighted by Gasteiger charge is 2.25. The third-order valence-corrected chi connectivity index (χ3v) is 2.42. The molecule has 0 rings (SSSR count). The standard InChI is InChI=1S/C11H21N3O5/c1-7(2)14(4-5-19-3)11(18)13-8(10(16)17)6-9(12)15/h7-8H,4-6H2,1-3H3,(H2,12,15)(H,13,18)(H,16,17)/t8-/m0/s1. The van der Waals surface area contributed by atoms with E-state index in [1.165, 1.54) is 12.0 Å². The van der Waals surface area contributed by atoms with Crippen molar-refractivity contribution in [1.82, 2.24) is 10.2 Å². The van der Waals surface area contributed by atoms with Crippen LogP contribution in [0.25, 0.3) is 0 Å². The molecule has 0 aromatic carbocycles. The number of carbonyl (C=O) groups excluding carboxylic acids is 2. The van der Waals surface area contributed by atoms with Crippen LogP contribution < -0.4 is 11.1 Å². The van der Waals surface area contributed by atoms with Gasteiger partial charge in [0.25, 0.3) is 0 Å². The molecule has 0 aliphatic heterocycles. The first-order valence-corrected chi connectivity index (χ1v) is 5.86. The predicted molar refractivity (Wildman–Crippen MR) is 67.5 cm³/mol. The fourth-order valence-electron chi connectivity index (χ4n) is 1.42. The minimum absolute atomic E-state index is 0.127. The van der Waals surface area contributed by atoms with E-state index in [2.05, 4.69) is 5.32 Å². The Kier molecular flexibility index (Phi) is 7.50. The summed E-state index contributed by atoms with van der Waals surface area (Å²) in [5.41, 5.74) is 4.94. The molecule has 0 aromatic rings. The number of hydrogen-bond acceptors (Lipinski definition) is 4. The van der Waals surface area contributed by atoms with Gasteiger partial charge in [0.15, 0.2) is 0 Å². The van der Waals surface area contributed by atoms with Crippen LogP contribution >= 0.6 is 0 Å². The molecule has 4 N–H and O–H groups in total. The van der Waals surface area contributed by atoms with Crippen LogP contribution in [0.15, 0.2) is 0 Å². The summed E-state index contributed by atoms with van der Waals surface area (Å²) in [4.78, 5) is 35.0. The molecular weight excluding hydrogens is 254 g/mol. The molecular formula is C11H21N3O5. The maximum atomic E-state index is 11.9. The van der Waals surface area contributed by atoms with E-state index in [4.69, 9.17) is 15.6 Å². The van der Waals surface area contributed by atoms with E-state index in [0.717, 1.165) is 0 Å². The number of carbonyl (C=O) groups is 3. The van der Waals surface area contributed by atoms with Crippen molar-refractivity contribution in [2.45, 2.75) is 32.4 Å². The van der Waals surface area contributed by atoms with Gasteiger partial charge in [0.1, 0.15) is 6.04 Å². The first kappa shape index (κ1) is 17.2. The summed E-state index contributed by atoms with van der Waals surface area (Å²) in [6.07, 6.45) is -0.447. The lowest BCUT2D eigenvalue weighted by atomic mass is 10.2. The maximum Gasteiger partial charge on any atom is 0.326 e. The number of amides is 3. The van der Waals surface area contributed by atoms with E-state index < -0.39 is 30.4 Å². The molecule has 0 bridgehead atoms. The summed E-state index contributed by atoms with van der Waals surface area (Å²) < 4.78 is 4.88. The van der Waals surface area contributed by atoms with Crippen molar-refractivity contribution in [3.05, 3.63) is 0 Å². The van der Waals surface area contributed by atoms with Gasteiger partial charge in [-0.1, -0.05) is 0 Å². The number of nitrogens with one attached hydrogen (secondary N) is 1. The first-order chi connectivity index (χ1) is 8.79. The van der Waals surface area contributed by atoms with Crippen molar-refractivity contribution in [3.8, 4) is 0 Å². The number of urea groups is 1.